The van der Waals surface area contributed by atoms with Crippen molar-refractivity contribution in [2.45, 2.75) is 26.2 Å². The third-order valence-electron chi connectivity index (χ3n) is 3.78. The number of amides is 1. The molecule has 0 aliphatic heterocycles. The monoisotopic (exact) mass is 392 g/mol. The number of ether oxygens (including phenoxy) is 1. The fraction of sp³-hybridized carbons (Fsp3) is 0.263. The van der Waals surface area contributed by atoms with Gasteiger partial charge in [-0.3, -0.25) is 14.9 Å². The standard InChI is InChI=1S/C19H18F2N2O5/c1-19(2,3)13-6-4-11(8-16(13)23(26)27)18(25)28-10-17(24)22-15-7-5-12(20)9-14(15)21/h4-9H,10H2,1-3H3,(H,22,24). The van der Waals surface area contributed by atoms with Gasteiger partial charge in [0.2, 0.25) is 0 Å². The largest absolute Gasteiger partial charge is 0.452 e. The summed E-state index contributed by atoms with van der Waals surface area (Å²) in [6, 6.07) is 6.49. The van der Waals surface area contributed by atoms with Gasteiger partial charge in [-0.1, -0.05) is 26.8 Å². The average molecular weight is 392 g/mol. The lowest BCUT2D eigenvalue weighted by Crippen LogP contribution is -2.22. The number of hydrogen-bond acceptors (Lipinski definition) is 5. The predicted octanol–water partition coefficient (Wildman–Crippen LogP) is 3.97. The van der Waals surface area contributed by atoms with Gasteiger partial charge in [0.1, 0.15) is 11.6 Å². The highest BCUT2D eigenvalue weighted by atomic mass is 19.1. The maximum atomic E-state index is 13.5. The van der Waals surface area contributed by atoms with Gasteiger partial charge < -0.3 is 10.1 Å². The van der Waals surface area contributed by atoms with Gasteiger partial charge in [-0.2, -0.15) is 0 Å². The number of rotatable bonds is 5. The van der Waals surface area contributed by atoms with Crippen molar-refractivity contribution in [3.8, 4) is 0 Å². The van der Waals surface area contributed by atoms with Crippen LogP contribution in [0.25, 0.3) is 0 Å². The number of anilines is 1. The van der Waals surface area contributed by atoms with Gasteiger partial charge in [0.15, 0.2) is 6.61 Å². The number of nitro groups is 1. The maximum absolute atomic E-state index is 13.5. The molecule has 0 radical (unpaired) electrons. The average Bonchev–Trinajstić information content (AvgIpc) is 2.60. The van der Waals surface area contributed by atoms with Crippen molar-refractivity contribution >= 4 is 23.3 Å². The van der Waals surface area contributed by atoms with Crippen LogP contribution in [0.3, 0.4) is 0 Å². The lowest BCUT2D eigenvalue weighted by Gasteiger charge is -2.19. The molecule has 0 aromatic heterocycles. The van der Waals surface area contributed by atoms with Crippen LogP contribution in [0.5, 0.6) is 0 Å². The molecule has 7 nitrogen and oxygen atoms in total. The zero-order chi connectivity index (χ0) is 21.1. The smallest absolute Gasteiger partial charge is 0.338 e. The number of carbonyl (C=O) groups excluding carboxylic acids is 2. The topological polar surface area (TPSA) is 98.5 Å². The van der Waals surface area contributed by atoms with Crippen molar-refractivity contribution in [3.63, 3.8) is 0 Å². The Morgan fingerprint density at radius 1 is 1.14 bits per heavy atom. The van der Waals surface area contributed by atoms with Crippen molar-refractivity contribution in [1.82, 2.24) is 0 Å². The first-order chi connectivity index (χ1) is 13.0. The lowest BCUT2D eigenvalue weighted by molar-refractivity contribution is -0.386. The van der Waals surface area contributed by atoms with E-state index in [4.69, 9.17) is 4.74 Å². The first-order valence-electron chi connectivity index (χ1n) is 8.20. The minimum absolute atomic E-state index is 0.0968. The molecule has 0 saturated carbocycles. The number of carbonyl (C=O) groups is 2. The Hall–Kier alpha value is -3.36. The summed E-state index contributed by atoms with van der Waals surface area (Å²) in [5.41, 5.74) is -0.671. The molecule has 0 saturated heterocycles. The molecule has 9 heteroatoms. The molecule has 0 aliphatic carbocycles. The fourth-order valence-electron chi connectivity index (χ4n) is 2.44. The van der Waals surface area contributed by atoms with E-state index in [0.717, 1.165) is 18.2 Å². The molecule has 0 aliphatic rings. The van der Waals surface area contributed by atoms with E-state index in [1.54, 1.807) is 20.8 Å². The van der Waals surface area contributed by atoms with E-state index in [1.165, 1.54) is 12.1 Å². The molecule has 0 atom stereocenters. The normalized spacial score (nSPS) is 11.0. The van der Waals surface area contributed by atoms with E-state index in [-0.39, 0.29) is 16.9 Å². The maximum Gasteiger partial charge on any atom is 0.338 e. The SMILES string of the molecule is CC(C)(C)c1ccc(C(=O)OCC(=O)Nc2ccc(F)cc2F)cc1[N+](=O)[O-]. The molecule has 0 spiro atoms. The van der Waals surface area contributed by atoms with E-state index >= 15 is 0 Å². The third kappa shape index (κ3) is 5.09. The number of esters is 1. The molecule has 148 valence electrons. The van der Waals surface area contributed by atoms with Crippen LogP contribution >= 0.6 is 0 Å². The van der Waals surface area contributed by atoms with Crippen LogP contribution < -0.4 is 5.32 Å². The quantitative estimate of drug-likeness (QED) is 0.472. The number of hydrogen-bond donors (Lipinski definition) is 1. The molecule has 2 aromatic rings. The van der Waals surface area contributed by atoms with Crippen LogP contribution in [0.2, 0.25) is 0 Å². The van der Waals surface area contributed by atoms with Gasteiger partial charge in [0.05, 0.1) is 16.2 Å². The van der Waals surface area contributed by atoms with Gasteiger partial charge in [-0.25, -0.2) is 13.6 Å². The van der Waals surface area contributed by atoms with Crippen LogP contribution in [0, 0.1) is 21.7 Å². The van der Waals surface area contributed by atoms with E-state index in [2.05, 4.69) is 5.32 Å². The summed E-state index contributed by atoms with van der Waals surface area (Å²) in [4.78, 5) is 34.6. The van der Waals surface area contributed by atoms with Gasteiger partial charge >= 0.3 is 5.97 Å². The summed E-state index contributed by atoms with van der Waals surface area (Å²) < 4.78 is 31.2. The van der Waals surface area contributed by atoms with Crippen LogP contribution in [-0.4, -0.2) is 23.4 Å². The first-order valence-corrected chi connectivity index (χ1v) is 8.20. The Labute approximate surface area is 159 Å². The van der Waals surface area contributed by atoms with E-state index < -0.39 is 40.5 Å². The molecule has 1 amide bonds. The van der Waals surface area contributed by atoms with E-state index in [9.17, 15) is 28.5 Å². The number of nitrogens with zero attached hydrogens (tertiary/aromatic N) is 1. The molecule has 0 unspecified atom stereocenters. The second-order valence-electron chi connectivity index (χ2n) is 6.99. The molecular formula is C19H18F2N2O5. The summed E-state index contributed by atoms with van der Waals surface area (Å²) in [6.45, 7) is 4.65. The third-order valence-corrected chi connectivity index (χ3v) is 3.78. The molecular weight excluding hydrogens is 374 g/mol. The zero-order valence-electron chi connectivity index (χ0n) is 15.4. The summed E-state index contributed by atoms with van der Waals surface area (Å²) >= 11 is 0. The Kier molecular flexibility index (Phi) is 6.07. The number of nitro benzene ring substituents is 1. The summed E-state index contributed by atoms with van der Waals surface area (Å²) in [5.74, 6) is -3.58. The van der Waals surface area contributed by atoms with Gasteiger partial charge in [0.25, 0.3) is 11.6 Å². The molecule has 0 fully saturated rings. The first kappa shape index (κ1) is 20.9. The van der Waals surface area contributed by atoms with Crippen LogP contribution in [0.4, 0.5) is 20.2 Å². The van der Waals surface area contributed by atoms with Crippen molar-refractivity contribution in [2.24, 2.45) is 0 Å². The summed E-state index contributed by atoms with van der Waals surface area (Å²) in [7, 11) is 0. The fourth-order valence-corrected chi connectivity index (χ4v) is 2.44. The molecule has 2 aromatic carbocycles. The second-order valence-corrected chi connectivity index (χ2v) is 6.99. The second kappa shape index (κ2) is 8.12. The van der Waals surface area contributed by atoms with E-state index in [1.807, 2.05) is 0 Å². The van der Waals surface area contributed by atoms with Crippen LogP contribution in [0.15, 0.2) is 36.4 Å². The van der Waals surface area contributed by atoms with Gasteiger partial charge in [0, 0.05) is 17.7 Å². The summed E-state index contributed by atoms with van der Waals surface area (Å²) in [6.07, 6.45) is 0. The Morgan fingerprint density at radius 2 is 1.82 bits per heavy atom. The zero-order valence-corrected chi connectivity index (χ0v) is 15.4. The molecule has 1 N–H and O–H groups in total. The van der Waals surface area contributed by atoms with Crippen LogP contribution in [0.1, 0.15) is 36.7 Å². The van der Waals surface area contributed by atoms with Gasteiger partial charge in [-0.05, 0) is 23.6 Å². The van der Waals surface area contributed by atoms with Crippen molar-refractivity contribution < 1.29 is 28.0 Å². The molecule has 0 bridgehead atoms. The van der Waals surface area contributed by atoms with Gasteiger partial charge in [-0.15, -0.1) is 0 Å². The minimum atomic E-state index is -0.979. The number of benzene rings is 2. The highest BCUT2D eigenvalue weighted by Crippen LogP contribution is 2.32. The Balaban J connectivity index is 2.07. The van der Waals surface area contributed by atoms with Crippen LogP contribution in [-0.2, 0) is 14.9 Å². The molecule has 2 rings (SSSR count). The number of halogens is 2. The highest BCUT2D eigenvalue weighted by molar-refractivity contribution is 5.95. The van der Waals surface area contributed by atoms with Crippen molar-refractivity contribution in [3.05, 3.63) is 69.3 Å². The molecule has 0 heterocycles. The predicted molar refractivity (Wildman–Crippen MR) is 97.1 cm³/mol. The minimum Gasteiger partial charge on any atom is -0.452 e. The molecule has 28 heavy (non-hydrogen) atoms. The van der Waals surface area contributed by atoms with Crippen molar-refractivity contribution in [1.29, 1.82) is 0 Å². The van der Waals surface area contributed by atoms with Crippen molar-refractivity contribution in [2.75, 3.05) is 11.9 Å². The number of nitrogens with one attached hydrogen (secondary N) is 1. The Morgan fingerprint density at radius 3 is 2.39 bits per heavy atom. The summed E-state index contributed by atoms with van der Waals surface area (Å²) in [5, 5.41) is 13.4. The Bertz CT molecular complexity index is 938. The lowest BCUT2D eigenvalue weighted by atomic mass is 9.85. The van der Waals surface area contributed by atoms with E-state index in [0.29, 0.717) is 11.6 Å². The highest BCUT2D eigenvalue weighted by Gasteiger charge is 2.26.